The minimum atomic E-state index is 0.505. The zero-order chi connectivity index (χ0) is 15.4. The fourth-order valence-corrected chi connectivity index (χ4v) is 2.86. The SMILES string of the molecule is CC.Cc1ncnc(N(C)C2Cc3ccccc3C2)c1C. The molecule has 0 amide bonds. The van der Waals surface area contributed by atoms with Gasteiger partial charge in [-0.15, -0.1) is 0 Å². The van der Waals surface area contributed by atoms with Gasteiger partial charge in [0.1, 0.15) is 12.1 Å². The van der Waals surface area contributed by atoms with E-state index in [2.05, 4.69) is 53.1 Å². The summed E-state index contributed by atoms with van der Waals surface area (Å²) in [5.41, 5.74) is 5.19. The summed E-state index contributed by atoms with van der Waals surface area (Å²) in [7, 11) is 2.14. The summed E-state index contributed by atoms with van der Waals surface area (Å²) in [5.74, 6) is 1.06. The van der Waals surface area contributed by atoms with Gasteiger partial charge in [-0.25, -0.2) is 9.97 Å². The summed E-state index contributed by atoms with van der Waals surface area (Å²) < 4.78 is 0. The molecule has 3 rings (SSSR count). The van der Waals surface area contributed by atoms with Gasteiger partial charge in [-0.2, -0.15) is 0 Å². The number of fused-ring (bicyclic) bond motifs is 1. The number of nitrogens with zero attached hydrogens (tertiary/aromatic N) is 3. The van der Waals surface area contributed by atoms with E-state index in [1.807, 2.05) is 20.8 Å². The van der Waals surface area contributed by atoms with Crippen LogP contribution in [-0.2, 0) is 12.8 Å². The van der Waals surface area contributed by atoms with E-state index in [0.717, 1.165) is 24.4 Å². The van der Waals surface area contributed by atoms with Crippen LogP contribution >= 0.6 is 0 Å². The highest BCUT2D eigenvalue weighted by molar-refractivity contribution is 5.49. The molecular weight excluding hydrogens is 258 g/mol. The standard InChI is InChI=1S/C16H19N3.C2H6/c1-11-12(2)17-10-18-16(11)19(3)15-8-13-6-4-5-7-14(13)9-15;1-2/h4-7,10,15H,8-9H2,1-3H3;1-2H3. The van der Waals surface area contributed by atoms with Crippen molar-refractivity contribution in [3.05, 3.63) is 53.0 Å². The lowest BCUT2D eigenvalue weighted by molar-refractivity contribution is 0.656. The maximum Gasteiger partial charge on any atom is 0.135 e. The Kier molecular flexibility index (Phi) is 4.94. The molecule has 21 heavy (non-hydrogen) atoms. The van der Waals surface area contributed by atoms with Crippen molar-refractivity contribution >= 4 is 5.82 Å². The molecule has 1 aromatic carbocycles. The fraction of sp³-hybridized carbons (Fsp3) is 0.444. The van der Waals surface area contributed by atoms with Crippen molar-refractivity contribution in [3.8, 4) is 0 Å². The molecule has 0 atom stereocenters. The van der Waals surface area contributed by atoms with E-state index in [-0.39, 0.29) is 0 Å². The first-order valence-corrected chi connectivity index (χ1v) is 7.74. The summed E-state index contributed by atoms with van der Waals surface area (Å²) in [6.45, 7) is 8.14. The summed E-state index contributed by atoms with van der Waals surface area (Å²) in [6.07, 6.45) is 3.88. The summed E-state index contributed by atoms with van der Waals surface area (Å²) in [4.78, 5) is 11.0. The summed E-state index contributed by atoms with van der Waals surface area (Å²) in [5, 5.41) is 0. The Hall–Kier alpha value is -1.90. The van der Waals surface area contributed by atoms with Gasteiger partial charge >= 0.3 is 0 Å². The number of aromatic nitrogens is 2. The number of anilines is 1. The van der Waals surface area contributed by atoms with Gasteiger partial charge in [0.25, 0.3) is 0 Å². The average Bonchev–Trinajstić information content (AvgIpc) is 2.95. The zero-order valence-electron chi connectivity index (χ0n) is 13.7. The number of hydrogen-bond donors (Lipinski definition) is 0. The average molecular weight is 283 g/mol. The smallest absolute Gasteiger partial charge is 0.135 e. The number of rotatable bonds is 2. The molecule has 0 N–H and O–H groups in total. The van der Waals surface area contributed by atoms with Gasteiger partial charge in [0.15, 0.2) is 0 Å². The molecule has 0 saturated heterocycles. The number of benzene rings is 1. The molecule has 0 saturated carbocycles. The van der Waals surface area contributed by atoms with E-state index in [4.69, 9.17) is 0 Å². The second-order valence-corrected chi connectivity index (χ2v) is 5.35. The third-order valence-corrected chi connectivity index (χ3v) is 4.22. The van der Waals surface area contributed by atoms with Crippen LogP contribution in [-0.4, -0.2) is 23.1 Å². The normalized spacial score (nSPS) is 13.4. The molecule has 0 bridgehead atoms. The van der Waals surface area contributed by atoms with Crippen LogP contribution in [0.2, 0.25) is 0 Å². The van der Waals surface area contributed by atoms with Crippen LogP contribution in [0.25, 0.3) is 0 Å². The van der Waals surface area contributed by atoms with Crippen molar-refractivity contribution in [2.45, 2.75) is 46.6 Å². The lowest BCUT2D eigenvalue weighted by Crippen LogP contribution is -2.33. The number of likely N-dealkylation sites (N-methyl/N-ethyl adjacent to an activating group) is 1. The van der Waals surface area contributed by atoms with Crippen LogP contribution in [0.4, 0.5) is 5.82 Å². The first kappa shape index (κ1) is 15.5. The van der Waals surface area contributed by atoms with Crippen molar-refractivity contribution in [2.24, 2.45) is 0 Å². The first-order valence-electron chi connectivity index (χ1n) is 7.74. The molecule has 3 heteroatoms. The van der Waals surface area contributed by atoms with Crippen LogP contribution in [0, 0.1) is 13.8 Å². The van der Waals surface area contributed by atoms with Crippen LogP contribution in [0.5, 0.6) is 0 Å². The van der Waals surface area contributed by atoms with Crippen molar-refractivity contribution < 1.29 is 0 Å². The molecule has 0 aliphatic heterocycles. The van der Waals surface area contributed by atoms with Gasteiger partial charge in [0.05, 0.1) is 0 Å². The number of hydrogen-bond acceptors (Lipinski definition) is 3. The van der Waals surface area contributed by atoms with Crippen LogP contribution in [0.15, 0.2) is 30.6 Å². The van der Waals surface area contributed by atoms with Gasteiger partial charge in [-0.05, 0) is 37.8 Å². The summed E-state index contributed by atoms with van der Waals surface area (Å²) >= 11 is 0. The van der Waals surface area contributed by atoms with Gasteiger partial charge in [-0.1, -0.05) is 38.1 Å². The molecular formula is C18H25N3. The third-order valence-electron chi connectivity index (χ3n) is 4.22. The molecule has 1 aromatic heterocycles. The van der Waals surface area contributed by atoms with E-state index in [9.17, 15) is 0 Å². The van der Waals surface area contributed by atoms with Crippen molar-refractivity contribution in [3.63, 3.8) is 0 Å². The van der Waals surface area contributed by atoms with Gasteiger partial charge in [-0.3, -0.25) is 0 Å². The maximum absolute atomic E-state index is 4.46. The van der Waals surface area contributed by atoms with Crippen LogP contribution < -0.4 is 4.90 Å². The van der Waals surface area contributed by atoms with Gasteiger partial charge < -0.3 is 4.90 Å². The van der Waals surface area contributed by atoms with E-state index in [1.165, 1.54) is 16.7 Å². The lowest BCUT2D eigenvalue weighted by atomic mass is 10.1. The molecule has 1 aliphatic carbocycles. The van der Waals surface area contributed by atoms with E-state index < -0.39 is 0 Å². The quantitative estimate of drug-likeness (QED) is 0.841. The highest BCUT2D eigenvalue weighted by atomic mass is 15.2. The third kappa shape index (κ3) is 3.07. The molecule has 0 radical (unpaired) electrons. The highest BCUT2D eigenvalue weighted by Crippen LogP contribution is 2.28. The Labute approximate surface area is 128 Å². The topological polar surface area (TPSA) is 29.0 Å². The Morgan fingerprint density at radius 1 is 1.00 bits per heavy atom. The molecule has 0 unspecified atom stereocenters. The minimum absolute atomic E-state index is 0.505. The molecule has 112 valence electrons. The molecule has 1 aliphatic rings. The maximum atomic E-state index is 4.46. The van der Waals surface area contributed by atoms with Gasteiger partial charge in [0, 0.05) is 24.3 Å². The lowest BCUT2D eigenvalue weighted by Gasteiger charge is -2.27. The Morgan fingerprint density at radius 2 is 1.57 bits per heavy atom. The Morgan fingerprint density at radius 3 is 2.14 bits per heavy atom. The monoisotopic (exact) mass is 283 g/mol. The fourth-order valence-electron chi connectivity index (χ4n) is 2.86. The van der Waals surface area contributed by atoms with Crippen molar-refractivity contribution in [1.82, 2.24) is 9.97 Å². The predicted molar refractivity (Wildman–Crippen MR) is 88.9 cm³/mol. The van der Waals surface area contributed by atoms with E-state index >= 15 is 0 Å². The molecule has 2 aromatic rings. The molecule has 0 spiro atoms. The Bertz CT molecular complexity index is 582. The second kappa shape index (κ2) is 6.70. The number of aryl methyl sites for hydroxylation is 1. The molecule has 0 fully saturated rings. The zero-order valence-corrected chi connectivity index (χ0v) is 13.7. The minimum Gasteiger partial charge on any atom is -0.356 e. The predicted octanol–water partition coefficient (Wildman–Crippen LogP) is 3.72. The second-order valence-electron chi connectivity index (χ2n) is 5.35. The van der Waals surface area contributed by atoms with Gasteiger partial charge in [0.2, 0.25) is 0 Å². The highest BCUT2D eigenvalue weighted by Gasteiger charge is 2.26. The first-order chi connectivity index (χ1) is 10.2. The molecule has 3 nitrogen and oxygen atoms in total. The van der Waals surface area contributed by atoms with E-state index in [1.54, 1.807) is 6.33 Å². The summed E-state index contributed by atoms with van der Waals surface area (Å²) in [6, 6.07) is 9.23. The Balaban J connectivity index is 0.000000774. The van der Waals surface area contributed by atoms with E-state index in [0.29, 0.717) is 6.04 Å². The van der Waals surface area contributed by atoms with Crippen molar-refractivity contribution in [2.75, 3.05) is 11.9 Å². The largest absolute Gasteiger partial charge is 0.356 e. The van der Waals surface area contributed by atoms with Crippen LogP contribution in [0.3, 0.4) is 0 Å². The van der Waals surface area contributed by atoms with Crippen molar-refractivity contribution in [1.29, 1.82) is 0 Å². The molecule has 1 heterocycles. The van der Waals surface area contributed by atoms with Crippen LogP contribution in [0.1, 0.15) is 36.2 Å².